The Morgan fingerprint density at radius 2 is 1.73 bits per heavy atom. The maximum atomic E-state index is 13.6. The van der Waals surface area contributed by atoms with Crippen LogP contribution >= 0.6 is 0 Å². The Morgan fingerprint density at radius 1 is 0.967 bits per heavy atom. The second-order valence-corrected chi connectivity index (χ2v) is 8.33. The topological polar surface area (TPSA) is 38.1 Å². The van der Waals surface area contributed by atoms with Gasteiger partial charge in [-0.3, -0.25) is 9.48 Å². The molecule has 1 amide bonds. The van der Waals surface area contributed by atoms with Gasteiger partial charge >= 0.3 is 0 Å². The Labute approximate surface area is 177 Å². The van der Waals surface area contributed by atoms with Gasteiger partial charge in [-0.15, -0.1) is 0 Å². The van der Waals surface area contributed by atoms with Crippen LogP contribution in [0.15, 0.2) is 72.6 Å². The van der Waals surface area contributed by atoms with Gasteiger partial charge in [-0.25, -0.2) is 0 Å². The van der Waals surface area contributed by atoms with Gasteiger partial charge in [-0.2, -0.15) is 5.10 Å². The van der Waals surface area contributed by atoms with Gasteiger partial charge in [0.15, 0.2) is 0 Å². The fourth-order valence-corrected chi connectivity index (χ4v) is 4.95. The first kappa shape index (κ1) is 18.9. The highest BCUT2D eigenvalue weighted by Gasteiger charge is 2.32. The third kappa shape index (κ3) is 3.36. The fourth-order valence-electron chi connectivity index (χ4n) is 4.95. The molecule has 0 radical (unpaired) electrons. The normalized spacial score (nSPS) is 18.6. The Balaban J connectivity index is 1.53. The lowest BCUT2D eigenvalue weighted by atomic mass is 9.84. The highest BCUT2D eigenvalue weighted by atomic mass is 16.2. The standard InChI is InChI=1S/C26H27N3O/c1-28-25(22-13-7-12-21(17-22)19-9-3-2-4-10-19)23(18-27-28)26(30)29-16-8-14-20-11-5-6-15-24(20)29/h2-4,7,9-10,12-13,15,17-18,20H,5-6,8,11,14,16H2,1H3. The average Bonchev–Trinajstić information content (AvgIpc) is 3.20. The van der Waals surface area contributed by atoms with E-state index in [0.29, 0.717) is 11.5 Å². The van der Waals surface area contributed by atoms with Crippen LogP contribution in [-0.2, 0) is 7.05 Å². The molecule has 0 saturated carbocycles. The number of fused-ring (bicyclic) bond motifs is 1. The lowest BCUT2D eigenvalue weighted by molar-refractivity contribution is 0.0749. The molecule has 1 aliphatic carbocycles. The molecule has 2 heterocycles. The maximum absolute atomic E-state index is 13.6. The minimum Gasteiger partial charge on any atom is -0.312 e. The number of benzene rings is 2. The molecule has 1 atom stereocenters. The molecule has 1 saturated heterocycles. The Kier molecular flexibility index (Phi) is 4.99. The highest BCUT2D eigenvalue weighted by molar-refractivity contribution is 6.01. The Bertz CT molecular complexity index is 1100. The molecule has 1 fully saturated rings. The molecule has 152 valence electrons. The van der Waals surface area contributed by atoms with Crippen molar-refractivity contribution < 1.29 is 4.79 Å². The summed E-state index contributed by atoms with van der Waals surface area (Å²) in [7, 11) is 1.92. The first-order chi connectivity index (χ1) is 14.7. The lowest BCUT2D eigenvalue weighted by Crippen LogP contribution is -2.39. The van der Waals surface area contributed by atoms with E-state index in [-0.39, 0.29) is 5.91 Å². The van der Waals surface area contributed by atoms with E-state index >= 15 is 0 Å². The molecule has 2 aliphatic rings. The first-order valence-electron chi connectivity index (χ1n) is 10.9. The summed E-state index contributed by atoms with van der Waals surface area (Å²) in [5, 5.41) is 4.47. The number of hydrogen-bond donors (Lipinski definition) is 0. The van der Waals surface area contributed by atoms with Crippen molar-refractivity contribution in [2.75, 3.05) is 6.54 Å². The number of likely N-dealkylation sites (tertiary alicyclic amines) is 1. The number of allylic oxidation sites excluding steroid dienone is 2. The zero-order valence-electron chi connectivity index (χ0n) is 17.4. The molecule has 1 aliphatic heterocycles. The smallest absolute Gasteiger partial charge is 0.261 e. The van der Waals surface area contributed by atoms with Crippen LogP contribution in [0.4, 0.5) is 0 Å². The number of piperidine rings is 1. The molecule has 3 aromatic rings. The van der Waals surface area contributed by atoms with Crippen LogP contribution in [0.5, 0.6) is 0 Å². The number of rotatable bonds is 3. The SMILES string of the molecule is Cn1ncc(C(=O)N2CCCC3CCCC=C32)c1-c1cccc(-c2ccccc2)c1. The van der Waals surface area contributed by atoms with E-state index in [1.165, 1.54) is 30.5 Å². The van der Waals surface area contributed by atoms with Crippen LogP contribution in [0.1, 0.15) is 42.5 Å². The van der Waals surface area contributed by atoms with Crippen molar-refractivity contribution in [3.05, 3.63) is 78.1 Å². The summed E-state index contributed by atoms with van der Waals surface area (Å²) < 4.78 is 1.83. The van der Waals surface area contributed by atoms with Crippen LogP contribution in [-0.4, -0.2) is 27.1 Å². The van der Waals surface area contributed by atoms with Crippen molar-refractivity contribution in [1.29, 1.82) is 0 Å². The predicted octanol–water partition coefficient (Wildman–Crippen LogP) is 5.67. The summed E-state index contributed by atoms with van der Waals surface area (Å²) in [4.78, 5) is 15.7. The number of hydrogen-bond acceptors (Lipinski definition) is 2. The highest BCUT2D eigenvalue weighted by Crippen LogP contribution is 2.37. The summed E-state index contributed by atoms with van der Waals surface area (Å²) in [6.45, 7) is 0.805. The van der Waals surface area contributed by atoms with Gasteiger partial charge in [0, 0.05) is 24.9 Å². The molecule has 1 unspecified atom stereocenters. The third-order valence-electron chi connectivity index (χ3n) is 6.43. The van der Waals surface area contributed by atoms with E-state index in [0.717, 1.165) is 36.2 Å². The summed E-state index contributed by atoms with van der Waals surface area (Å²) in [6.07, 6.45) is 9.82. The molecule has 5 rings (SSSR count). The summed E-state index contributed by atoms with van der Waals surface area (Å²) in [6, 6.07) is 18.7. The number of aromatic nitrogens is 2. The average molecular weight is 398 g/mol. The number of carbonyl (C=O) groups is 1. The number of aryl methyl sites for hydroxylation is 1. The minimum atomic E-state index is 0.0843. The summed E-state index contributed by atoms with van der Waals surface area (Å²) in [5.74, 6) is 0.624. The second kappa shape index (κ2) is 7.94. The number of amides is 1. The zero-order valence-corrected chi connectivity index (χ0v) is 17.4. The molecule has 2 aromatic carbocycles. The molecule has 4 nitrogen and oxygen atoms in total. The van der Waals surface area contributed by atoms with Crippen LogP contribution in [0.3, 0.4) is 0 Å². The molecule has 4 heteroatoms. The first-order valence-corrected chi connectivity index (χ1v) is 10.9. The van der Waals surface area contributed by atoms with E-state index in [9.17, 15) is 4.79 Å². The van der Waals surface area contributed by atoms with Gasteiger partial charge in [-0.05, 0) is 55.2 Å². The maximum Gasteiger partial charge on any atom is 0.261 e. The molecule has 0 spiro atoms. The Morgan fingerprint density at radius 3 is 2.60 bits per heavy atom. The molecule has 1 aromatic heterocycles. The number of carbonyl (C=O) groups excluding carboxylic acids is 1. The van der Waals surface area contributed by atoms with Crippen LogP contribution < -0.4 is 0 Å². The van der Waals surface area contributed by atoms with E-state index in [1.54, 1.807) is 6.20 Å². The van der Waals surface area contributed by atoms with Crippen molar-refractivity contribution in [3.63, 3.8) is 0 Å². The van der Waals surface area contributed by atoms with Crippen LogP contribution in [0.25, 0.3) is 22.4 Å². The van der Waals surface area contributed by atoms with E-state index in [4.69, 9.17) is 0 Å². The van der Waals surface area contributed by atoms with Gasteiger partial charge in [0.05, 0.1) is 17.5 Å². The Hall–Kier alpha value is -3.14. The minimum absolute atomic E-state index is 0.0843. The van der Waals surface area contributed by atoms with Gasteiger partial charge in [0.2, 0.25) is 0 Å². The summed E-state index contributed by atoms with van der Waals surface area (Å²) >= 11 is 0. The number of nitrogens with zero attached hydrogens (tertiary/aromatic N) is 3. The van der Waals surface area contributed by atoms with Gasteiger partial charge in [-0.1, -0.05) is 54.6 Å². The molecular weight excluding hydrogens is 370 g/mol. The fraction of sp³-hybridized carbons (Fsp3) is 0.308. The van der Waals surface area contributed by atoms with Gasteiger partial charge in [0.25, 0.3) is 5.91 Å². The van der Waals surface area contributed by atoms with Gasteiger partial charge in [0.1, 0.15) is 0 Å². The second-order valence-electron chi connectivity index (χ2n) is 8.33. The van der Waals surface area contributed by atoms with Crippen LogP contribution in [0, 0.1) is 5.92 Å². The molecule has 30 heavy (non-hydrogen) atoms. The van der Waals surface area contributed by atoms with Crippen molar-refractivity contribution in [2.24, 2.45) is 13.0 Å². The molecule has 0 N–H and O–H groups in total. The largest absolute Gasteiger partial charge is 0.312 e. The zero-order chi connectivity index (χ0) is 20.5. The quantitative estimate of drug-likeness (QED) is 0.571. The van der Waals surface area contributed by atoms with Gasteiger partial charge < -0.3 is 4.90 Å². The van der Waals surface area contributed by atoms with Crippen molar-refractivity contribution in [1.82, 2.24) is 14.7 Å². The van der Waals surface area contributed by atoms with Crippen molar-refractivity contribution in [2.45, 2.75) is 32.1 Å². The third-order valence-corrected chi connectivity index (χ3v) is 6.43. The van der Waals surface area contributed by atoms with E-state index in [1.807, 2.05) is 34.8 Å². The van der Waals surface area contributed by atoms with Crippen LogP contribution in [0.2, 0.25) is 0 Å². The predicted molar refractivity (Wildman–Crippen MR) is 120 cm³/mol. The summed E-state index contributed by atoms with van der Waals surface area (Å²) in [5.41, 5.74) is 6.14. The van der Waals surface area contributed by atoms with E-state index < -0.39 is 0 Å². The van der Waals surface area contributed by atoms with Crippen molar-refractivity contribution >= 4 is 5.91 Å². The van der Waals surface area contributed by atoms with Crippen molar-refractivity contribution in [3.8, 4) is 22.4 Å². The monoisotopic (exact) mass is 397 g/mol. The molecular formula is C26H27N3O. The van der Waals surface area contributed by atoms with E-state index in [2.05, 4.69) is 47.6 Å². The lowest BCUT2D eigenvalue weighted by Gasteiger charge is -2.38. The molecule has 0 bridgehead atoms.